The van der Waals surface area contributed by atoms with Crippen molar-refractivity contribution in [1.82, 2.24) is 0 Å². The molecule has 82 valence electrons. The first-order valence-corrected chi connectivity index (χ1v) is 6.09. The minimum Gasteiger partial charge on any atom is -0.300 e. The van der Waals surface area contributed by atoms with Gasteiger partial charge < -0.3 is 0 Å². The van der Waals surface area contributed by atoms with Gasteiger partial charge in [-0.3, -0.25) is 4.79 Å². The van der Waals surface area contributed by atoms with Gasteiger partial charge in [-0.15, -0.1) is 0 Å². The molecule has 1 rings (SSSR count). The summed E-state index contributed by atoms with van der Waals surface area (Å²) in [6, 6.07) is 5.62. The van der Waals surface area contributed by atoms with Crippen molar-refractivity contribution in [3.63, 3.8) is 0 Å². The van der Waals surface area contributed by atoms with Crippen LogP contribution in [0.3, 0.4) is 0 Å². The molecular formula is C10H11FO3S. The Balaban J connectivity index is 3.36. The predicted octanol–water partition coefficient (Wildman–Crippen LogP) is 1.69. The maximum atomic E-state index is 13.2. The van der Waals surface area contributed by atoms with E-state index in [2.05, 4.69) is 0 Å². The number of hydrogen-bond donors (Lipinski definition) is 0. The fourth-order valence-electron chi connectivity index (χ4n) is 1.22. The maximum Gasteiger partial charge on any atom is 0.181 e. The van der Waals surface area contributed by atoms with Gasteiger partial charge in [-0.05, 0) is 6.07 Å². The van der Waals surface area contributed by atoms with Crippen LogP contribution in [0.5, 0.6) is 0 Å². The molecule has 0 saturated carbocycles. The highest BCUT2D eigenvalue weighted by Gasteiger charge is 2.21. The summed E-state index contributed by atoms with van der Waals surface area (Å²) in [7, 11) is -3.48. The highest BCUT2D eigenvalue weighted by atomic mass is 32.2. The molecule has 0 aliphatic carbocycles. The second-order valence-electron chi connectivity index (χ2n) is 2.98. The summed E-state index contributed by atoms with van der Waals surface area (Å²) >= 11 is 0. The number of aldehydes is 1. The lowest BCUT2D eigenvalue weighted by Gasteiger charge is -2.08. The number of carbonyl (C=O) groups excluding carboxylic acids is 1. The van der Waals surface area contributed by atoms with Crippen molar-refractivity contribution < 1.29 is 17.6 Å². The Morgan fingerprint density at radius 1 is 1.40 bits per heavy atom. The quantitative estimate of drug-likeness (QED) is 0.739. The molecule has 0 heterocycles. The van der Waals surface area contributed by atoms with Crippen LogP contribution in [0.15, 0.2) is 29.2 Å². The van der Waals surface area contributed by atoms with Gasteiger partial charge in [0.2, 0.25) is 0 Å². The lowest BCUT2D eigenvalue weighted by molar-refractivity contribution is -0.112. The zero-order valence-corrected chi connectivity index (χ0v) is 9.00. The molecule has 0 radical (unpaired) electrons. The SMILES string of the molecule is CCS(=O)(=O)c1ccccc1C(F)C=O. The standard InChI is InChI=1S/C10H11FO3S/c1-2-15(13,14)10-6-4-3-5-8(10)9(11)7-12/h3-7,9H,2H2,1H3. The first-order chi connectivity index (χ1) is 7.03. The minimum atomic E-state index is -3.48. The number of carbonyl (C=O) groups is 1. The molecular weight excluding hydrogens is 219 g/mol. The van der Waals surface area contributed by atoms with E-state index in [4.69, 9.17) is 0 Å². The second kappa shape index (κ2) is 4.53. The molecule has 3 nitrogen and oxygen atoms in total. The van der Waals surface area contributed by atoms with Gasteiger partial charge in [-0.25, -0.2) is 12.8 Å². The topological polar surface area (TPSA) is 51.2 Å². The zero-order chi connectivity index (χ0) is 11.5. The zero-order valence-electron chi connectivity index (χ0n) is 8.18. The molecule has 1 unspecified atom stereocenters. The van der Waals surface area contributed by atoms with Gasteiger partial charge in [-0.1, -0.05) is 25.1 Å². The van der Waals surface area contributed by atoms with Crippen molar-refractivity contribution in [2.24, 2.45) is 0 Å². The summed E-state index contributed by atoms with van der Waals surface area (Å²) in [6.07, 6.45) is -1.80. The first kappa shape index (κ1) is 11.8. The van der Waals surface area contributed by atoms with Crippen LogP contribution in [0.1, 0.15) is 18.7 Å². The smallest absolute Gasteiger partial charge is 0.181 e. The lowest BCUT2D eigenvalue weighted by Crippen LogP contribution is -2.08. The lowest BCUT2D eigenvalue weighted by atomic mass is 10.1. The normalized spacial score (nSPS) is 13.5. The van der Waals surface area contributed by atoms with Gasteiger partial charge >= 0.3 is 0 Å². The average Bonchev–Trinajstić information content (AvgIpc) is 2.28. The van der Waals surface area contributed by atoms with Gasteiger partial charge in [0.25, 0.3) is 0 Å². The van der Waals surface area contributed by atoms with Crippen LogP contribution in [-0.2, 0) is 14.6 Å². The number of benzene rings is 1. The van der Waals surface area contributed by atoms with E-state index in [9.17, 15) is 17.6 Å². The van der Waals surface area contributed by atoms with Crippen molar-refractivity contribution in [3.8, 4) is 0 Å². The molecule has 5 heteroatoms. The molecule has 0 spiro atoms. The van der Waals surface area contributed by atoms with Crippen molar-refractivity contribution in [3.05, 3.63) is 29.8 Å². The van der Waals surface area contributed by atoms with Crippen LogP contribution in [0.25, 0.3) is 0 Å². The number of hydrogen-bond acceptors (Lipinski definition) is 3. The number of sulfone groups is 1. The van der Waals surface area contributed by atoms with E-state index < -0.39 is 16.0 Å². The molecule has 0 fully saturated rings. The van der Waals surface area contributed by atoms with E-state index in [1.54, 1.807) is 0 Å². The number of alkyl halides is 1. The average molecular weight is 230 g/mol. The van der Waals surface area contributed by atoms with Crippen LogP contribution >= 0.6 is 0 Å². The monoisotopic (exact) mass is 230 g/mol. The van der Waals surface area contributed by atoms with Gasteiger partial charge in [0.15, 0.2) is 22.3 Å². The van der Waals surface area contributed by atoms with Gasteiger partial charge in [0.05, 0.1) is 10.6 Å². The van der Waals surface area contributed by atoms with E-state index in [1.807, 2.05) is 0 Å². The molecule has 1 aromatic rings. The molecule has 0 amide bonds. The van der Waals surface area contributed by atoms with E-state index in [0.717, 1.165) is 0 Å². The Kier molecular flexibility index (Phi) is 3.57. The Labute approximate surface area is 87.8 Å². The van der Waals surface area contributed by atoms with Gasteiger partial charge in [0.1, 0.15) is 0 Å². The number of halogens is 1. The van der Waals surface area contributed by atoms with Crippen LogP contribution in [0.2, 0.25) is 0 Å². The Morgan fingerprint density at radius 2 is 2.00 bits per heavy atom. The van der Waals surface area contributed by atoms with Crippen molar-refractivity contribution >= 4 is 16.1 Å². The van der Waals surface area contributed by atoms with Crippen LogP contribution in [0.4, 0.5) is 4.39 Å². The van der Waals surface area contributed by atoms with E-state index in [0.29, 0.717) is 0 Å². The third kappa shape index (κ3) is 2.41. The molecule has 0 saturated heterocycles. The molecule has 1 aromatic carbocycles. The molecule has 1 atom stereocenters. The fraction of sp³-hybridized carbons (Fsp3) is 0.300. The van der Waals surface area contributed by atoms with Crippen LogP contribution in [-0.4, -0.2) is 20.5 Å². The molecule has 15 heavy (non-hydrogen) atoms. The third-order valence-electron chi connectivity index (χ3n) is 2.05. The summed E-state index contributed by atoms with van der Waals surface area (Å²) < 4.78 is 36.3. The predicted molar refractivity (Wildman–Crippen MR) is 54.1 cm³/mol. The van der Waals surface area contributed by atoms with Crippen LogP contribution < -0.4 is 0 Å². The van der Waals surface area contributed by atoms with Gasteiger partial charge in [-0.2, -0.15) is 0 Å². The molecule has 0 aliphatic heterocycles. The van der Waals surface area contributed by atoms with Crippen LogP contribution in [0, 0.1) is 0 Å². The highest BCUT2D eigenvalue weighted by Crippen LogP contribution is 2.24. The Morgan fingerprint density at radius 3 is 2.53 bits per heavy atom. The summed E-state index contributed by atoms with van der Waals surface area (Å²) in [6.45, 7) is 1.47. The molecule has 0 bridgehead atoms. The van der Waals surface area contributed by atoms with E-state index in [1.165, 1.54) is 31.2 Å². The van der Waals surface area contributed by atoms with E-state index >= 15 is 0 Å². The summed E-state index contributed by atoms with van der Waals surface area (Å²) in [5.41, 5.74) is -0.0886. The largest absolute Gasteiger partial charge is 0.300 e. The number of rotatable bonds is 4. The second-order valence-corrected chi connectivity index (χ2v) is 5.23. The Hall–Kier alpha value is -1.23. The molecule has 0 aliphatic rings. The molecule has 0 aromatic heterocycles. The fourth-order valence-corrected chi connectivity index (χ4v) is 2.36. The van der Waals surface area contributed by atoms with Crippen molar-refractivity contribution in [1.29, 1.82) is 0 Å². The van der Waals surface area contributed by atoms with Crippen molar-refractivity contribution in [2.45, 2.75) is 18.0 Å². The first-order valence-electron chi connectivity index (χ1n) is 4.44. The van der Waals surface area contributed by atoms with E-state index in [-0.39, 0.29) is 22.5 Å². The highest BCUT2D eigenvalue weighted by molar-refractivity contribution is 7.91. The summed E-state index contributed by atoms with van der Waals surface area (Å²) in [5, 5.41) is 0. The Bertz CT molecular complexity index is 453. The summed E-state index contributed by atoms with van der Waals surface area (Å²) in [4.78, 5) is 10.2. The van der Waals surface area contributed by atoms with Crippen molar-refractivity contribution in [2.75, 3.05) is 5.75 Å². The third-order valence-corrected chi connectivity index (χ3v) is 3.85. The summed E-state index contributed by atoms with van der Waals surface area (Å²) in [5.74, 6) is -0.115. The molecule has 0 N–H and O–H groups in total. The van der Waals surface area contributed by atoms with Gasteiger partial charge in [0, 0.05) is 5.56 Å². The maximum absolute atomic E-state index is 13.2. The minimum absolute atomic E-state index is 0.0873.